The maximum atomic E-state index is 11.6. The van der Waals surface area contributed by atoms with E-state index in [1.165, 1.54) is 6.07 Å². The minimum Gasteiger partial charge on any atom is -0.399 e. The van der Waals surface area contributed by atoms with Gasteiger partial charge in [0.1, 0.15) is 4.90 Å². The second-order valence-corrected chi connectivity index (χ2v) is 8.35. The van der Waals surface area contributed by atoms with E-state index in [-0.39, 0.29) is 4.90 Å². The van der Waals surface area contributed by atoms with Crippen LogP contribution in [0, 0.1) is 6.92 Å². The molecule has 0 fully saturated rings. The van der Waals surface area contributed by atoms with E-state index in [1.807, 2.05) is 49.4 Å². The van der Waals surface area contributed by atoms with Crippen LogP contribution < -0.4 is 22.5 Å². The number of nitrogens with two attached hydrogens (primary N) is 3. The molecule has 160 valence electrons. The zero-order chi connectivity index (χ0) is 22.6. The molecule has 0 aliphatic rings. The molecule has 0 unspecified atom stereocenters. The van der Waals surface area contributed by atoms with Crippen molar-refractivity contribution in [2.24, 2.45) is 0 Å². The predicted octanol–water partition coefficient (Wildman–Crippen LogP) is 4.57. The Kier molecular flexibility index (Phi) is 6.33. The van der Waals surface area contributed by atoms with E-state index in [0.29, 0.717) is 22.1 Å². The number of benzene rings is 4. The van der Waals surface area contributed by atoms with Crippen LogP contribution in [0.25, 0.3) is 10.8 Å². The summed E-state index contributed by atoms with van der Waals surface area (Å²) in [5, 5.41) is 4.09. The Balaban J connectivity index is 0.000000254. The highest BCUT2D eigenvalue weighted by Gasteiger charge is 2.17. The van der Waals surface area contributed by atoms with Crippen molar-refractivity contribution < 1.29 is 13.0 Å². The van der Waals surface area contributed by atoms with Gasteiger partial charge < -0.3 is 22.5 Å². The maximum Gasteiger partial charge on any atom is 0.295 e. The van der Waals surface area contributed by atoms with Gasteiger partial charge in [0.25, 0.3) is 10.1 Å². The number of hydrogen-bond donors (Lipinski definition) is 5. The van der Waals surface area contributed by atoms with Crippen molar-refractivity contribution in [3.05, 3.63) is 84.4 Å². The fraction of sp³-hybridized carbons (Fsp3) is 0.0435. The molecule has 8 heteroatoms. The summed E-state index contributed by atoms with van der Waals surface area (Å²) in [5.41, 5.74) is 21.3. The lowest BCUT2D eigenvalue weighted by Crippen LogP contribution is -2.02. The third-order valence-corrected chi connectivity index (χ3v) is 5.56. The fourth-order valence-electron chi connectivity index (χ4n) is 3.09. The van der Waals surface area contributed by atoms with Crippen molar-refractivity contribution in [1.82, 2.24) is 0 Å². The summed E-state index contributed by atoms with van der Waals surface area (Å²) in [6, 6.07) is 22.8. The Bertz CT molecular complexity index is 1320. The molecule has 4 aromatic carbocycles. The minimum absolute atomic E-state index is 0.171. The zero-order valence-electron chi connectivity index (χ0n) is 16.9. The second kappa shape index (κ2) is 8.95. The molecule has 0 aliphatic heterocycles. The quantitative estimate of drug-likeness (QED) is 0.234. The van der Waals surface area contributed by atoms with Gasteiger partial charge in [-0.25, -0.2) is 0 Å². The number of rotatable bonds is 3. The normalized spacial score (nSPS) is 10.9. The van der Waals surface area contributed by atoms with E-state index in [1.54, 1.807) is 30.3 Å². The summed E-state index contributed by atoms with van der Waals surface area (Å²) in [5.74, 6) is 0. The highest BCUT2D eigenvalue weighted by atomic mass is 32.2. The van der Waals surface area contributed by atoms with Gasteiger partial charge in [0.05, 0.1) is 0 Å². The molecular formula is C23H24N4O3S. The van der Waals surface area contributed by atoms with Gasteiger partial charge in [0.15, 0.2) is 0 Å². The van der Waals surface area contributed by atoms with E-state index in [4.69, 9.17) is 17.2 Å². The molecule has 0 saturated carbocycles. The third-order valence-electron chi connectivity index (χ3n) is 4.66. The number of anilines is 5. The summed E-state index contributed by atoms with van der Waals surface area (Å²) in [6.07, 6.45) is 0. The molecule has 7 nitrogen and oxygen atoms in total. The van der Waals surface area contributed by atoms with E-state index >= 15 is 0 Å². The predicted molar refractivity (Wildman–Crippen MR) is 128 cm³/mol. The smallest absolute Gasteiger partial charge is 0.295 e. The molecule has 31 heavy (non-hydrogen) atoms. The van der Waals surface area contributed by atoms with Gasteiger partial charge in [-0.3, -0.25) is 4.55 Å². The molecule has 0 amide bonds. The number of hydrogen-bond acceptors (Lipinski definition) is 6. The topological polar surface area (TPSA) is 144 Å². The lowest BCUT2D eigenvalue weighted by atomic mass is 10.1. The van der Waals surface area contributed by atoms with Crippen molar-refractivity contribution in [1.29, 1.82) is 0 Å². The van der Waals surface area contributed by atoms with Crippen LogP contribution in [-0.2, 0) is 10.1 Å². The zero-order valence-corrected chi connectivity index (χ0v) is 17.7. The van der Waals surface area contributed by atoms with Gasteiger partial charge in [-0.2, -0.15) is 8.42 Å². The average molecular weight is 437 g/mol. The molecule has 0 saturated heterocycles. The molecule has 0 aliphatic carbocycles. The van der Waals surface area contributed by atoms with Crippen LogP contribution in [0.5, 0.6) is 0 Å². The van der Waals surface area contributed by atoms with E-state index in [0.717, 1.165) is 22.6 Å². The Hall–Kier alpha value is -3.75. The van der Waals surface area contributed by atoms with Crippen LogP contribution in [0.1, 0.15) is 5.56 Å². The van der Waals surface area contributed by atoms with Crippen LogP contribution in [-0.4, -0.2) is 13.0 Å². The van der Waals surface area contributed by atoms with E-state index in [9.17, 15) is 13.0 Å². The van der Waals surface area contributed by atoms with Crippen molar-refractivity contribution in [3.63, 3.8) is 0 Å². The third kappa shape index (κ3) is 5.25. The van der Waals surface area contributed by atoms with Crippen molar-refractivity contribution in [2.45, 2.75) is 11.8 Å². The van der Waals surface area contributed by atoms with Gasteiger partial charge >= 0.3 is 0 Å². The molecular weight excluding hydrogens is 412 g/mol. The van der Waals surface area contributed by atoms with Gasteiger partial charge in [0, 0.05) is 39.2 Å². The van der Waals surface area contributed by atoms with Gasteiger partial charge in [0.2, 0.25) is 0 Å². The number of para-hydroxylation sites is 1. The Labute approximate surface area is 181 Å². The molecule has 0 bridgehead atoms. The first-order chi connectivity index (χ1) is 14.7. The first kappa shape index (κ1) is 21.9. The Morgan fingerprint density at radius 3 is 2.10 bits per heavy atom. The number of fused-ring (bicyclic) bond motifs is 1. The molecule has 0 atom stereocenters. The van der Waals surface area contributed by atoms with Crippen LogP contribution in [0.15, 0.2) is 83.8 Å². The monoisotopic (exact) mass is 436 g/mol. The molecule has 0 spiro atoms. The molecule has 0 aromatic heterocycles. The standard InChI is InChI=1S/C16H14N2O3S.C7H10N2/c17-13-9-10-14(18-11-5-2-1-3-6-11)16-12(13)7-4-8-15(16)22(19,20)21;1-5-4-6(8)2-3-7(5)9/h1-10,18H,17H2,(H,19,20,21);2-4H,8-9H2,1H3. The van der Waals surface area contributed by atoms with E-state index in [2.05, 4.69) is 5.32 Å². The lowest BCUT2D eigenvalue weighted by Gasteiger charge is -2.13. The van der Waals surface area contributed by atoms with Gasteiger partial charge in [-0.05, 0) is 61.0 Å². The SMILES string of the molecule is Cc1cc(N)ccc1N.Nc1ccc(Nc2ccccc2)c2c(S(=O)(=O)O)cccc12. The highest BCUT2D eigenvalue weighted by Crippen LogP contribution is 2.35. The van der Waals surface area contributed by atoms with Gasteiger partial charge in [-0.15, -0.1) is 0 Å². The van der Waals surface area contributed by atoms with Crippen molar-refractivity contribution in [3.8, 4) is 0 Å². The average Bonchev–Trinajstić information content (AvgIpc) is 2.73. The molecule has 0 radical (unpaired) electrons. The summed E-state index contributed by atoms with van der Waals surface area (Å²) >= 11 is 0. The van der Waals surface area contributed by atoms with Crippen LogP contribution in [0.3, 0.4) is 0 Å². The van der Waals surface area contributed by atoms with Crippen molar-refractivity contribution >= 4 is 49.3 Å². The summed E-state index contributed by atoms with van der Waals surface area (Å²) in [6.45, 7) is 1.94. The number of aryl methyl sites for hydroxylation is 1. The van der Waals surface area contributed by atoms with Crippen LogP contribution in [0.4, 0.5) is 28.4 Å². The minimum atomic E-state index is -4.36. The number of nitrogen functional groups attached to an aromatic ring is 3. The van der Waals surface area contributed by atoms with Crippen molar-refractivity contribution in [2.75, 3.05) is 22.5 Å². The number of nitrogens with one attached hydrogen (secondary N) is 1. The van der Waals surface area contributed by atoms with Crippen LogP contribution >= 0.6 is 0 Å². The summed E-state index contributed by atoms with van der Waals surface area (Å²) < 4.78 is 32.8. The maximum absolute atomic E-state index is 11.6. The largest absolute Gasteiger partial charge is 0.399 e. The second-order valence-electron chi connectivity index (χ2n) is 6.96. The molecule has 0 heterocycles. The van der Waals surface area contributed by atoms with Gasteiger partial charge in [-0.1, -0.05) is 30.3 Å². The summed E-state index contributed by atoms with van der Waals surface area (Å²) in [7, 11) is -4.36. The lowest BCUT2D eigenvalue weighted by molar-refractivity contribution is 0.484. The van der Waals surface area contributed by atoms with E-state index < -0.39 is 10.1 Å². The molecule has 8 N–H and O–H groups in total. The van der Waals surface area contributed by atoms with Crippen LogP contribution in [0.2, 0.25) is 0 Å². The molecule has 4 rings (SSSR count). The Morgan fingerprint density at radius 2 is 1.48 bits per heavy atom. The fourth-order valence-corrected chi connectivity index (χ4v) is 3.82. The molecule has 4 aromatic rings. The Morgan fingerprint density at radius 1 is 0.806 bits per heavy atom. The first-order valence-corrected chi connectivity index (χ1v) is 10.8. The highest BCUT2D eigenvalue weighted by molar-refractivity contribution is 7.86. The summed E-state index contributed by atoms with van der Waals surface area (Å²) in [4.78, 5) is -0.171. The first-order valence-electron chi connectivity index (χ1n) is 9.39.